The number of hydrogen-bond donors (Lipinski definition) is 1. The van der Waals surface area contributed by atoms with E-state index in [9.17, 15) is 13.6 Å². The van der Waals surface area contributed by atoms with Gasteiger partial charge in [-0.15, -0.1) is 0 Å². The van der Waals surface area contributed by atoms with Gasteiger partial charge in [0.1, 0.15) is 17.7 Å². The van der Waals surface area contributed by atoms with Gasteiger partial charge in [0.05, 0.1) is 0 Å². The van der Waals surface area contributed by atoms with Crippen molar-refractivity contribution in [3.05, 3.63) is 60.2 Å². The summed E-state index contributed by atoms with van der Waals surface area (Å²) in [6, 6.07) is 12.0. The summed E-state index contributed by atoms with van der Waals surface area (Å²) in [7, 11) is 0. The van der Waals surface area contributed by atoms with E-state index >= 15 is 0 Å². The minimum absolute atomic E-state index is 0.0167. The van der Waals surface area contributed by atoms with E-state index in [1.54, 1.807) is 31.2 Å². The average molecular weight is 345 g/mol. The summed E-state index contributed by atoms with van der Waals surface area (Å²) in [5, 5.41) is 3.10. The van der Waals surface area contributed by atoms with E-state index in [0.29, 0.717) is 31.9 Å². The normalized spacial score (nSPS) is 15.8. The zero-order chi connectivity index (χ0) is 17.8. The van der Waals surface area contributed by atoms with Gasteiger partial charge in [-0.25, -0.2) is 8.78 Å². The minimum atomic E-state index is -0.386. The predicted octanol–water partition coefficient (Wildman–Crippen LogP) is 3.11. The molecule has 1 aliphatic heterocycles. The van der Waals surface area contributed by atoms with Crippen LogP contribution in [-0.2, 0) is 4.79 Å². The summed E-state index contributed by atoms with van der Waals surface area (Å²) in [6.07, 6.45) is 0. The topological polar surface area (TPSA) is 35.6 Å². The third-order valence-corrected chi connectivity index (χ3v) is 4.38. The third kappa shape index (κ3) is 4.26. The van der Waals surface area contributed by atoms with Gasteiger partial charge >= 0.3 is 0 Å². The second-order valence-electron chi connectivity index (χ2n) is 6.16. The molecule has 0 aromatic heterocycles. The van der Waals surface area contributed by atoms with Crippen molar-refractivity contribution in [2.75, 3.05) is 36.4 Å². The zero-order valence-electron chi connectivity index (χ0n) is 14.1. The van der Waals surface area contributed by atoms with Gasteiger partial charge < -0.3 is 15.1 Å². The van der Waals surface area contributed by atoms with Crippen molar-refractivity contribution < 1.29 is 13.6 Å². The van der Waals surface area contributed by atoms with Crippen molar-refractivity contribution in [2.45, 2.75) is 13.0 Å². The Balaban J connectivity index is 1.53. The largest absolute Gasteiger partial charge is 0.374 e. The number of carbonyl (C=O) groups excluding carboxylic acids is 1. The molecule has 0 bridgehead atoms. The molecule has 1 N–H and O–H groups in total. The van der Waals surface area contributed by atoms with Crippen LogP contribution in [0.15, 0.2) is 48.5 Å². The Labute approximate surface area is 146 Å². The number of carbonyl (C=O) groups is 1. The van der Waals surface area contributed by atoms with Crippen LogP contribution in [0.4, 0.5) is 20.2 Å². The second kappa shape index (κ2) is 7.51. The van der Waals surface area contributed by atoms with Gasteiger partial charge in [-0.05, 0) is 55.5 Å². The molecule has 0 aliphatic carbocycles. The second-order valence-corrected chi connectivity index (χ2v) is 6.16. The highest BCUT2D eigenvalue weighted by Crippen LogP contribution is 2.18. The van der Waals surface area contributed by atoms with Gasteiger partial charge in [-0.1, -0.05) is 0 Å². The number of rotatable bonds is 4. The van der Waals surface area contributed by atoms with E-state index in [2.05, 4.69) is 10.2 Å². The first kappa shape index (κ1) is 17.2. The Morgan fingerprint density at radius 1 is 0.920 bits per heavy atom. The maximum absolute atomic E-state index is 13.0. The van der Waals surface area contributed by atoms with Gasteiger partial charge in [-0.2, -0.15) is 0 Å². The molecule has 0 spiro atoms. The molecular weight excluding hydrogens is 324 g/mol. The van der Waals surface area contributed by atoms with Gasteiger partial charge in [0.25, 0.3) is 0 Å². The summed E-state index contributed by atoms with van der Waals surface area (Å²) in [6.45, 7) is 4.45. The molecule has 1 saturated heterocycles. The van der Waals surface area contributed by atoms with Crippen molar-refractivity contribution >= 4 is 17.3 Å². The summed E-state index contributed by atoms with van der Waals surface area (Å²) in [5.74, 6) is -0.539. The first-order valence-electron chi connectivity index (χ1n) is 8.34. The monoisotopic (exact) mass is 345 g/mol. The Morgan fingerprint density at radius 2 is 1.44 bits per heavy atom. The van der Waals surface area contributed by atoms with Crippen molar-refractivity contribution in [3.8, 4) is 0 Å². The number of halogens is 2. The number of hydrogen-bond acceptors (Lipinski definition) is 3. The molecule has 4 nitrogen and oxygen atoms in total. The maximum Gasteiger partial charge on any atom is 0.244 e. The predicted molar refractivity (Wildman–Crippen MR) is 94.7 cm³/mol. The molecule has 1 aliphatic rings. The highest BCUT2D eigenvalue weighted by molar-refractivity contribution is 5.84. The molecule has 132 valence electrons. The van der Waals surface area contributed by atoms with Crippen LogP contribution in [0.1, 0.15) is 6.92 Å². The highest BCUT2D eigenvalue weighted by Gasteiger charge is 2.25. The van der Waals surface area contributed by atoms with E-state index < -0.39 is 0 Å². The summed E-state index contributed by atoms with van der Waals surface area (Å²) in [4.78, 5) is 16.5. The number of anilines is 2. The van der Waals surface area contributed by atoms with Crippen LogP contribution >= 0.6 is 0 Å². The number of nitrogens with zero attached hydrogens (tertiary/aromatic N) is 2. The molecule has 2 aromatic rings. The quantitative estimate of drug-likeness (QED) is 0.925. The molecule has 2 aromatic carbocycles. The SMILES string of the molecule is CC(Nc1ccc(F)cc1)C(=O)N1CCN(c2ccc(F)cc2)CC1. The first-order chi connectivity index (χ1) is 12.0. The van der Waals surface area contributed by atoms with E-state index in [1.807, 2.05) is 4.90 Å². The minimum Gasteiger partial charge on any atom is -0.374 e. The standard InChI is InChI=1S/C19H21F2N3O/c1-14(22-17-6-2-15(20)3-7-17)19(25)24-12-10-23(11-13-24)18-8-4-16(21)5-9-18/h2-9,14,22H,10-13H2,1H3. The lowest BCUT2D eigenvalue weighted by molar-refractivity contribution is -0.131. The van der Waals surface area contributed by atoms with Crippen LogP contribution < -0.4 is 10.2 Å². The van der Waals surface area contributed by atoms with Crippen LogP contribution in [0.3, 0.4) is 0 Å². The molecule has 1 fully saturated rings. The zero-order valence-corrected chi connectivity index (χ0v) is 14.1. The number of nitrogens with one attached hydrogen (secondary N) is 1. The molecule has 1 atom stereocenters. The Morgan fingerprint density at radius 3 is 2.00 bits per heavy atom. The van der Waals surface area contributed by atoms with E-state index in [0.717, 1.165) is 5.69 Å². The molecular formula is C19H21F2N3O. The van der Waals surface area contributed by atoms with Crippen LogP contribution in [0, 0.1) is 11.6 Å². The van der Waals surface area contributed by atoms with Crippen LogP contribution in [0.5, 0.6) is 0 Å². The average Bonchev–Trinajstić information content (AvgIpc) is 2.64. The number of piperazine rings is 1. The maximum atomic E-state index is 13.0. The fraction of sp³-hybridized carbons (Fsp3) is 0.316. The van der Waals surface area contributed by atoms with Crippen LogP contribution in [-0.4, -0.2) is 43.0 Å². The summed E-state index contributed by atoms with van der Waals surface area (Å²) < 4.78 is 26.0. The summed E-state index contributed by atoms with van der Waals surface area (Å²) in [5.41, 5.74) is 1.68. The Bertz CT molecular complexity index is 710. The van der Waals surface area contributed by atoms with Crippen molar-refractivity contribution in [2.24, 2.45) is 0 Å². The molecule has 1 amide bonds. The summed E-state index contributed by atoms with van der Waals surface area (Å²) >= 11 is 0. The van der Waals surface area contributed by atoms with Crippen molar-refractivity contribution in [1.82, 2.24) is 4.90 Å². The van der Waals surface area contributed by atoms with E-state index in [4.69, 9.17) is 0 Å². The van der Waals surface area contributed by atoms with Gasteiger partial charge in [0.2, 0.25) is 5.91 Å². The molecule has 3 rings (SSSR count). The Kier molecular flexibility index (Phi) is 5.16. The smallest absolute Gasteiger partial charge is 0.244 e. The van der Waals surface area contributed by atoms with Crippen molar-refractivity contribution in [3.63, 3.8) is 0 Å². The van der Waals surface area contributed by atoms with E-state index in [-0.39, 0.29) is 23.6 Å². The number of amides is 1. The molecule has 0 saturated carbocycles. The lowest BCUT2D eigenvalue weighted by Crippen LogP contribution is -2.52. The van der Waals surface area contributed by atoms with Gasteiger partial charge in [0.15, 0.2) is 0 Å². The van der Waals surface area contributed by atoms with E-state index in [1.165, 1.54) is 24.3 Å². The molecule has 25 heavy (non-hydrogen) atoms. The first-order valence-corrected chi connectivity index (χ1v) is 8.34. The van der Waals surface area contributed by atoms with Gasteiger partial charge in [-0.3, -0.25) is 4.79 Å². The molecule has 6 heteroatoms. The van der Waals surface area contributed by atoms with Crippen LogP contribution in [0.2, 0.25) is 0 Å². The highest BCUT2D eigenvalue weighted by atomic mass is 19.1. The van der Waals surface area contributed by atoms with Gasteiger partial charge in [0, 0.05) is 37.6 Å². The fourth-order valence-corrected chi connectivity index (χ4v) is 2.97. The molecule has 0 radical (unpaired) electrons. The Hall–Kier alpha value is -2.63. The lowest BCUT2D eigenvalue weighted by atomic mass is 10.2. The molecule has 1 unspecified atom stereocenters. The lowest BCUT2D eigenvalue weighted by Gasteiger charge is -2.37. The fourth-order valence-electron chi connectivity index (χ4n) is 2.97. The van der Waals surface area contributed by atoms with Crippen molar-refractivity contribution in [1.29, 1.82) is 0 Å². The van der Waals surface area contributed by atoms with Crippen LogP contribution in [0.25, 0.3) is 0 Å². The molecule has 1 heterocycles. The third-order valence-electron chi connectivity index (χ3n) is 4.38. The number of benzene rings is 2.